The lowest BCUT2D eigenvalue weighted by Crippen LogP contribution is -2.27. The molecule has 0 spiro atoms. The third kappa shape index (κ3) is 3.23. The predicted molar refractivity (Wildman–Crippen MR) is 122 cm³/mol. The fraction of sp³-hybridized carbons (Fsp3) is 0.0741. The van der Waals surface area contributed by atoms with Crippen LogP contribution in [-0.2, 0) is 0 Å². The summed E-state index contributed by atoms with van der Waals surface area (Å²) in [5, 5.41) is 14.9. The van der Waals surface area contributed by atoms with Gasteiger partial charge in [-0.25, -0.2) is 0 Å². The maximum atomic E-state index is 9.06. The quantitative estimate of drug-likeness (QED) is 0.407. The van der Waals surface area contributed by atoms with Crippen LogP contribution in [0.25, 0.3) is 45.2 Å². The molecule has 2 heteroatoms. The van der Waals surface area contributed by atoms with E-state index in [1.54, 1.807) is 0 Å². The monoisotopic (exact) mass is 391 g/mol. The minimum Gasteiger partial charge on any atom is -0.192 e. The van der Waals surface area contributed by atoms with Crippen molar-refractivity contribution in [2.24, 2.45) is 0 Å². The van der Waals surface area contributed by atoms with Gasteiger partial charge in [-0.05, 0) is 92.7 Å². The zero-order valence-corrected chi connectivity index (χ0v) is 16.6. The number of hydrogen-bond acceptors (Lipinski definition) is 1. The summed E-state index contributed by atoms with van der Waals surface area (Å²) >= 11 is 6.54. The Hall–Kier alpha value is -3.34. The van der Waals surface area contributed by atoms with E-state index in [0.717, 1.165) is 29.5 Å². The molecule has 4 aromatic carbocycles. The maximum absolute atomic E-state index is 9.06. The van der Waals surface area contributed by atoms with E-state index in [-0.39, 0.29) is 0 Å². The fourth-order valence-electron chi connectivity index (χ4n) is 4.17. The van der Waals surface area contributed by atoms with Gasteiger partial charge in [0.05, 0.1) is 11.6 Å². The highest BCUT2D eigenvalue weighted by molar-refractivity contribution is 6.31. The SMILES string of the molecule is N#Cc1ccc(-c2cc(Cl)cc(-c3cc4c(c5ccccc35)=CCCC=4)c2)cc1. The molecule has 5 rings (SSSR count). The second kappa shape index (κ2) is 7.24. The molecule has 0 atom stereocenters. The molecule has 0 heterocycles. The number of hydrogen-bond donors (Lipinski definition) is 0. The summed E-state index contributed by atoms with van der Waals surface area (Å²) in [6, 6.07) is 26.9. The summed E-state index contributed by atoms with van der Waals surface area (Å²) in [6.45, 7) is 0. The fourth-order valence-corrected chi connectivity index (χ4v) is 4.41. The average Bonchev–Trinajstić information content (AvgIpc) is 2.78. The van der Waals surface area contributed by atoms with Gasteiger partial charge in [-0.1, -0.05) is 60.2 Å². The first-order chi connectivity index (χ1) is 14.2. The summed E-state index contributed by atoms with van der Waals surface area (Å²) in [6.07, 6.45) is 6.85. The van der Waals surface area contributed by atoms with Gasteiger partial charge in [0.1, 0.15) is 0 Å². The van der Waals surface area contributed by atoms with Crippen LogP contribution in [0.4, 0.5) is 0 Å². The molecule has 29 heavy (non-hydrogen) atoms. The molecular formula is C27H18ClN. The Labute approximate surface area is 174 Å². The zero-order valence-electron chi connectivity index (χ0n) is 15.8. The van der Waals surface area contributed by atoms with Gasteiger partial charge in [0.15, 0.2) is 0 Å². The van der Waals surface area contributed by atoms with Gasteiger partial charge in [-0.2, -0.15) is 5.26 Å². The van der Waals surface area contributed by atoms with Crippen molar-refractivity contribution < 1.29 is 0 Å². The lowest BCUT2D eigenvalue weighted by molar-refractivity contribution is 1.12. The molecule has 0 aromatic heterocycles. The summed E-state index contributed by atoms with van der Waals surface area (Å²) < 4.78 is 0. The number of nitrogens with zero attached hydrogens (tertiary/aromatic N) is 1. The molecule has 1 aliphatic rings. The lowest BCUT2D eigenvalue weighted by Gasteiger charge is -2.13. The van der Waals surface area contributed by atoms with E-state index < -0.39 is 0 Å². The Balaban J connectivity index is 1.76. The van der Waals surface area contributed by atoms with E-state index in [9.17, 15) is 0 Å². The van der Waals surface area contributed by atoms with Crippen LogP contribution in [0.15, 0.2) is 72.8 Å². The Bertz CT molecular complexity index is 1410. The number of fused-ring (bicyclic) bond motifs is 3. The average molecular weight is 392 g/mol. The molecule has 0 aliphatic heterocycles. The molecule has 1 aliphatic carbocycles. The largest absolute Gasteiger partial charge is 0.192 e. The van der Waals surface area contributed by atoms with Gasteiger partial charge in [0.25, 0.3) is 0 Å². The standard InChI is InChI=1S/C27H18ClN/c28-23-14-21(19-11-9-18(17-29)10-12-19)13-22(15-23)27-16-20-5-1-2-6-24(20)25-7-3-4-8-26(25)27/h3-16H,1-2H2. The number of rotatable bonds is 2. The van der Waals surface area contributed by atoms with Crippen molar-refractivity contribution in [2.75, 3.05) is 0 Å². The molecule has 0 radical (unpaired) electrons. The summed E-state index contributed by atoms with van der Waals surface area (Å²) in [4.78, 5) is 0. The molecule has 0 fully saturated rings. The van der Waals surface area contributed by atoms with Crippen molar-refractivity contribution in [2.45, 2.75) is 12.8 Å². The van der Waals surface area contributed by atoms with Gasteiger partial charge in [0.2, 0.25) is 0 Å². The van der Waals surface area contributed by atoms with Gasteiger partial charge in [-0.3, -0.25) is 0 Å². The lowest BCUT2D eigenvalue weighted by atomic mass is 9.92. The molecule has 138 valence electrons. The van der Waals surface area contributed by atoms with E-state index in [1.807, 2.05) is 36.4 Å². The van der Waals surface area contributed by atoms with Crippen LogP contribution < -0.4 is 10.4 Å². The van der Waals surface area contributed by atoms with E-state index in [2.05, 4.69) is 54.6 Å². The first-order valence-corrected chi connectivity index (χ1v) is 10.1. The zero-order chi connectivity index (χ0) is 19.8. The smallest absolute Gasteiger partial charge is 0.0991 e. The second-order valence-electron chi connectivity index (χ2n) is 7.38. The normalized spacial score (nSPS) is 12.6. The van der Waals surface area contributed by atoms with Crippen LogP contribution in [0.5, 0.6) is 0 Å². The van der Waals surface area contributed by atoms with E-state index in [1.165, 1.54) is 26.8 Å². The Morgan fingerprint density at radius 3 is 2.24 bits per heavy atom. The van der Waals surface area contributed by atoms with E-state index >= 15 is 0 Å². The molecule has 0 saturated carbocycles. The third-order valence-electron chi connectivity index (χ3n) is 5.55. The van der Waals surface area contributed by atoms with Gasteiger partial charge >= 0.3 is 0 Å². The Morgan fingerprint density at radius 2 is 1.45 bits per heavy atom. The van der Waals surface area contributed by atoms with Crippen molar-refractivity contribution in [3.05, 3.63) is 93.8 Å². The Kier molecular flexibility index (Phi) is 4.43. The highest BCUT2D eigenvalue weighted by Gasteiger charge is 2.10. The molecule has 0 amide bonds. The van der Waals surface area contributed by atoms with Crippen LogP contribution >= 0.6 is 11.6 Å². The van der Waals surface area contributed by atoms with Gasteiger partial charge in [-0.15, -0.1) is 0 Å². The van der Waals surface area contributed by atoms with Crippen molar-refractivity contribution in [1.82, 2.24) is 0 Å². The van der Waals surface area contributed by atoms with Crippen LogP contribution in [0.3, 0.4) is 0 Å². The summed E-state index contributed by atoms with van der Waals surface area (Å²) in [7, 11) is 0. The molecule has 0 saturated heterocycles. The Morgan fingerprint density at radius 1 is 0.724 bits per heavy atom. The van der Waals surface area contributed by atoms with Gasteiger partial charge < -0.3 is 0 Å². The third-order valence-corrected chi connectivity index (χ3v) is 5.77. The highest BCUT2D eigenvalue weighted by Crippen LogP contribution is 2.33. The van der Waals surface area contributed by atoms with Crippen LogP contribution in [0.1, 0.15) is 18.4 Å². The van der Waals surface area contributed by atoms with Crippen molar-refractivity contribution in [3.63, 3.8) is 0 Å². The molecule has 0 bridgehead atoms. The van der Waals surface area contributed by atoms with Crippen molar-refractivity contribution >= 4 is 34.5 Å². The van der Waals surface area contributed by atoms with E-state index in [0.29, 0.717) is 10.6 Å². The van der Waals surface area contributed by atoms with Crippen molar-refractivity contribution in [3.8, 4) is 28.3 Å². The minimum absolute atomic E-state index is 0.656. The van der Waals surface area contributed by atoms with Crippen LogP contribution in [-0.4, -0.2) is 0 Å². The molecule has 0 unspecified atom stereocenters. The van der Waals surface area contributed by atoms with Crippen LogP contribution in [0.2, 0.25) is 5.02 Å². The molecule has 1 nitrogen and oxygen atoms in total. The van der Waals surface area contributed by atoms with Gasteiger partial charge in [0, 0.05) is 5.02 Å². The second-order valence-corrected chi connectivity index (χ2v) is 7.81. The number of benzene rings is 4. The molecular weight excluding hydrogens is 374 g/mol. The summed E-state index contributed by atoms with van der Waals surface area (Å²) in [5.74, 6) is 0. The first kappa shape index (κ1) is 17.7. The van der Waals surface area contributed by atoms with Crippen LogP contribution in [0, 0.1) is 11.3 Å². The van der Waals surface area contributed by atoms with E-state index in [4.69, 9.17) is 16.9 Å². The maximum Gasteiger partial charge on any atom is 0.0991 e. The predicted octanol–water partition coefficient (Wildman–Crippen LogP) is 6.05. The summed E-state index contributed by atoms with van der Waals surface area (Å²) in [5.41, 5.74) is 5.06. The highest BCUT2D eigenvalue weighted by atomic mass is 35.5. The molecule has 0 N–H and O–H groups in total. The molecule has 4 aromatic rings. The first-order valence-electron chi connectivity index (χ1n) is 9.76. The number of halogens is 1. The topological polar surface area (TPSA) is 23.8 Å². The minimum atomic E-state index is 0.656. The number of nitriles is 1. The van der Waals surface area contributed by atoms with Crippen molar-refractivity contribution in [1.29, 1.82) is 5.26 Å².